The van der Waals surface area contributed by atoms with Crippen LogP contribution in [0.1, 0.15) is 10.4 Å². The van der Waals surface area contributed by atoms with E-state index in [2.05, 4.69) is 10.3 Å². The molecule has 0 saturated carbocycles. The number of oxazole rings is 1. The van der Waals surface area contributed by atoms with Gasteiger partial charge in [0, 0.05) is 5.69 Å². The Labute approximate surface area is 120 Å². The highest BCUT2D eigenvalue weighted by molar-refractivity contribution is 5.92. The second kappa shape index (κ2) is 5.16. The molecule has 0 aliphatic heterocycles. The van der Waals surface area contributed by atoms with E-state index in [0.717, 1.165) is 11.4 Å². The summed E-state index contributed by atoms with van der Waals surface area (Å²) < 4.78 is 10.6. The minimum Gasteiger partial charge on any atom is -0.497 e. The highest BCUT2D eigenvalue weighted by Crippen LogP contribution is 2.24. The maximum atomic E-state index is 10.9. The lowest BCUT2D eigenvalue weighted by Gasteiger charge is -2.02. The molecule has 6 nitrogen and oxygen atoms in total. The molecule has 0 aliphatic carbocycles. The quantitative estimate of drug-likeness (QED) is 0.764. The number of rotatable bonds is 4. The SMILES string of the molecule is COc1ccc(Nc2nc3ccc(C(=O)O)cc3o2)cc1. The van der Waals surface area contributed by atoms with Crippen molar-refractivity contribution >= 4 is 28.8 Å². The summed E-state index contributed by atoms with van der Waals surface area (Å²) >= 11 is 0. The number of aromatic carboxylic acids is 1. The zero-order chi connectivity index (χ0) is 14.8. The topological polar surface area (TPSA) is 84.6 Å². The van der Waals surface area contributed by atoms with Crippen molar-refractivity contribution < 1.29 is 19.1 Å². The number of anilines is 2. The van der Waals surface area contributed by atoms with Crippen LogP contribution >= 0.6 is 0 Å². The van der Waals surface area contributed by atoms with Crippen molar-refractivity contribution in [2.45, 2.75) is 0 Å². The summed E-state index contributed by atoms with van der Waals surface area (Å²) in [5, 5.41) is 12.0. The van der Waals surface area contributed by atoms with E-state index in [4.69, 9.17) is 14.3 Å². The van der Waals surface area contributed by atoms with Gasteiger partial charge in [-0.2, -0.15) is 4.98 Å². The maximum Gasteiger partial charge on any atom is 0.335 e. The molecule has 106 valence electrons. The number of carbonyl (C=O) groups is 1. The Balaban J connectivity index is 1.88. The van der Waals surface area contributed by atoms with Gasteiger partial charge in [-0.1, -0.05) is 0 Å². The van der Waals surface area contributed by atoms with Crippen LogP contribution in [0.4, 0.5) is 11.7 Å². The first-order chi connectivity index (χ1) is 10.2. The van der Waals surface area contributed by atoms with Gasteiger partial charge in [0.15, 0.2) is 5.58 Å². The number of nitrogens with one attached hydrogen (secondary N) is 1. The lowest BCUT2D eigenvalue weighted by Crippen LogP contribution is -1.94. The van der Waals surface area contributed by atoms with Gasteiger partial charge >= 0.3 is 5.97 Å². The molecule has 1 aromatic heterocycles. The van der Waals surface area contributed by atoms with Gasteiger partial charge < -0.3 is 19.6 Å². The van der Waals surface area contributed by atoms with Gasteiger partial charge in [-0.05, 0) is 42.5 Å². The number of ether oxygens (including phenoxy) is 1. The molecule has 0 unspecified atom stereocenters. The molecule has 2 N–H and O–H groups in total. The second-order valence-corrected chi connectivity index (χ2v) is 4.36. The number of hydrogen-bond donors (Lipinski definition) is 2. The van der Waals surface area contributed by atoms with Crippen molar-refractivity contribution in [2.75, 3.05) is 12.4 Å². The molecular weight excluding hydrogens is 272 g/mol. The molecule has 0 spiro atoms. The molecule has 0 fully saturated rings. The summed E-state index contributed by atoms with van der Waals surface area (Å²) in [6, 6.07) is 12.1. The predicted molar refractivity (Wildman–Crippen MR) is 77.2 cm³/mol. The van der Waals surface area contributed by atoms with E-state index < -0.39 is 5.97 Å². The normalized spacial score (nSPS) is 10.5. The molecular formula is C15H12N2O4. The summed E-state index contributed by atoms with van der Waals surface area (Å²) in [5.41, 5.74) is 1.97. The first-order valence-corrected chi connectivity index (χ1v) is 6.20. The fraction of sp³-hybridized carbons (Fsp3) is 0.0667. The standard InChI is InChI=1S/C15H12N2O4/c1-20-11-5-3-10(4-6-11)16-15-17-12-7-2-9(14(18)19)8-13(12)21-15/h2-8H,1H3,(H,16,17)(H,18,19). The van der Waals surface area contributed by atoms with E-state index in [-0.39, 0.29) is 5.56 Å². The third kappa shape index (κ3) is 2.64. The molecule has 0 radical (unpaired) electrons. The van der Waals surface area contributed by atoms with E-state index in [9.17, 15) is 4.79 Å². The highest BCUT2D eigenvalue weighted by atomic mass is 16.5. The molecule has 6 heteroatoms. The van der Waals surface area contributed by atoms with Gasteiger partial charge in [0.2, 0.25) is 0 Å². The van der Waals surface area contributed by atoms with Crippen molar-refractivity contribution in [1.82, 2.24) is 4.98 Å². The van der Waals surface area contributed by atoms with Crippen molar-refractivity contribution in [2.24, 2.45) is 0 Å². The largest absolute Gasteiger partial charge is 0.497 e. The van der Waals surface area contributed by atoms with Gasteiger partial charge in [0.25, 0.3) is 6.01 Å². The molecule has 0 atom stereocenters. The van der Waals surface area contributed by atoms with Crippen LogP contribution in [0.25, 0.3) is 11.1 Å². The number of carboxylic acids is 1. The van der Waals surface area contributed by atoms with Gasteiger partial charge in [-0.3, -0.25) is 0 Å². The fourth-order valence-corrected chi connectivity index (χ4v) is 1.91. The predicted octanol–water partition coefficient (Wildman–Crippen LogP) is 3.28. The van der Waals surface area contributed by atoms with E-state index in [1.165, 1.54) is 12.1 Å². The Kier molecular flexibility index (Phi) is 3.19. The Morgan fingerprint density at radius 1 is 1.24 bits per heavy atom. The fourth-order valence-electron chi connectivity index (χ4n) is 1.91. The van der Waals surface area contributed by atoms with Gasteiger partial charge in [-0.15, -0.1) is 0 Å². The van der Waals surface area contributed by atoms with Crippen LogP contribution in [0.2, 0.25) is 0 Å². The number of fused-ring (bicyclic) bond motifs is 1. The van der Waals surface area contributed by atoms with E-state index in [0.29, 0.717) is 17.1 Å². The summed E-state index contributed by atoms with van der Waals surface area (Å²) in [7, 11) is 1.60. The number of nitrogens with zero attached hydrogens (tertiary/aromatic N) is 1. The summed E-state index contributed by atoms with van der Waals surface area (Å²) in [6.07, 6.45) is 0. The summed E-state index contributed by atoms with van der Waals surface area (Å²) in [5.74, 6) is -0.248. The van der Waals surface area contributed by atoms with Crippen molar-refractivity contribution in [1.29, 1.82) is 0 Å². The highest BCUT2D eigenvalue weighted by Gasteiger charge is 2.09. The Bertz CT molecular complexity index is 793. The van der Waals surface area contributed by atoms with E-state index >= 15 is 0 Å². The molecule has 0 bridgehead atoms. The van der Waals surface area contributed by atoms with Crippen LogP contribution < -0.4 is 10.1 Å². The number of carboxylic acid groups (broad SMARTS) is 1. The van der Waals surface area contributed by atoms with E-state index in [1.54, 1.807) is 13.2 Å². The number of benzene rings is 2. The van der Waals surface area contributed by atoms with Crippen LogP contribution in [0.5, 0.6) is 5.75 Å². The summed E-state index contributed by atoms with van der Waals surface area (Å²) in [6.45, 7) is 0. The van der Waals surface area contributed by atoms with Crippen LogP contribution in [-0.4, -0.2) is 23.2 Å². The average molecular weight is 284 g/mol. The third-order valence-electron chi connectivity index (χ3n) is 2.98. The lowest BCUT2D eigenvalue weighted by atomic mass is 10.2. The Morgan fingerprint density at radius 3 is 2.67 bits per heavy atom. The molecule has 21 heavy (non-hydrogen) atoms. The molecule has 3 rings (SSSR count). The number of aromatic nitrogens is 1. The first-order valence-electron chi connectivity index (χ1n) is 6.20. The van der Waals surface area contributed by atoms with Crippen LogP contribution in [0.3, 0.4) is 0 Å². The van der Waals surface area contributed by atoms with Crippen molar-refractivity contribution in [3.63, 3.8) is 0 Å². The maximum absolute atomic E-state index is 10.9. The molecule has 0 aliphatic rings. The van der Waals surface area contributed by atoms with Gasteiger partial charge in [-0.25, -0.2) is 4.79 Å². The van der Waals surface area contributed by atoms with Crippen molar-refractivity contribution in [3.8, 4) is 5.75 Å². The van der Waals surface area contributed by atoms with E-state index in [1.807, 2.05) is 24.3 Å². The van der Waals surface area contributed by atoms with Gasteiger partial charge in [0.05, 0.1) is 12.7 Å². The third-order valence-corrected chi connectivity index (χ3v) is 2.98. The van der Waals surface area contributed by atoms with Crippen LogP contribution in [0.15, 0.2) is 46.9 Å². The zero-order valence-corrected chi connectivity index (χ0v) is 11.2. The second-order valence-electron chi connectivity index (χ2n) is 4.36. The average Bonchev–Trinajstić information content (AvgIpc) is 2.89. The molecule has 2 aromatic carbocycles. The monoisotopic (exact) mass is 284 g/mol. The minimum absolute atomic E-state index is 0.162. The Hall–Kier alpha value is -3.02. The van der Waals surface area contributed by atoms with Crippen LogP contribution in [0, 0.1) is 0 Å². The molecule has 0 amide bonds. The minimum atomic E-state index is -1.00. The van der Waals surface area contributed by atoms with Crippen LogP contribution in [-0.2, 0) is 0 Å². The van der Waals surface area contributed by atoms with Crippen molar-refractivity contribution in [3.05, 3.63) is 48.0 Å². The lowest BCUT2D eigenvalue weighted by molar-refractivity contribution is 0.0697. The first kappa shape index (κ1) is 13.0. The number of hydrogen-bond acceptors (Lipinski definition) is 5. The smallest absolute Gasteiger partial charge is 0.335 e. The molecule has 1 heterocycles. The summed E-state index contributed by atoms with van der Waals surface area (Å²) in [4.78, 5) is 15.2. The molecule has 3 aromatic rings. The Morgan fingerprint density at radius 2 is 2.00 bits per heavy atom. The molecule has 0 saturated heterocycles. The number of methoxy groups -OCH3 is 1. The zero-order valence-electron chi connectivity index (χ0n) is 11.2. The van der Waals surface area contributed by atoms with Gasteiger partial charge in [0.1, 0.15) is 11.3 Å².